The van der Waals surface area contributed by atoms with Gasteiger partial charge in [0.05, 0.1) is 46.2 Å². The van der Waals surface area contributed by atoms with Crippen molar-refractivity contribution in [1.82, 2.24) is 4.83 Å². The van der Waals surface area contributed by atoms with Crippen LogP contribution >= 0.6 is 0 Å². The molecule has 0 spiro atoms. The summed E-state index contributed by atoms with van der Waals surface area (Å²) in [4.78, 5) is 2.14. The monoisotopic (exact) mass is 424 g/mol. The number of nitrogens with zero attached hydrogens (tertiary/aromatic N) is 1. The van der Waals surface area contributed by atoms with Crippen LogP contribution in [0.15, 0.2) is 40.3 Å². The topological polar surface area (TPSA) is 105 Å². The number of hydrazone groups is 1. The van der Waals surface area contributed by atoms with Crippen molar-refractivity contribution < 1.29 is 32.1 Å². The van der Waals surface area contributed by atoms with Crippen LogP contribution in [-0.4, -0.2) is 49.7 Å². The van der Waals surface area contributed by atoms with Crippen LogP contribution in [0.3, 0.4) is 0 Å². The van der Waals surface area contributed by atoms with Crippen LogP contribution in [-0.2, 0) is 10.0 Å². The van der Waals surface area contributed by atoms with Crippen LogP contribution in [0.4, 0.5) is 0 Å². The summed E-state index contributed by atoms with van der Waals surface area (Å²) in [5, 5.41) is 3.83. The van der Waals surface area contributed by atoms with Crippen molar-refractivity contribution >= 4 is 16.2 Å². The molecule has 2 aromatic carbocycles. The summed E-state index contributed by atoms with van der Waals surface area (Å²) in [5.41, 5.74) is 0.553. The Morgan fingerprint density at radius 3 is 2.00 bits per heavy atom. The number of methoxy groups -OCH3 is 4. The zero-order chi connectivity index (χ0) is 21.4. The standard InChI is InChI=1S/C19H24N2O7S/c1-6-28-19-17(26-4)9-13(10-18(19)27-5)12-20-21-29(22,23)14-7-8-15(24-2)16(11-14)25-3/h7-12,21H,6H2,1-5H3/b20-12+. The van der Waals surface area contributed by atoms with Crippen molar-refractivity contribution in [2.24, 2.45) is 5.10 Å². The summed E-state index contributed by atoms with van der Waals surface area (Å²) in [5.74, 6) is 2.05. The van der Waals surface area contributed by atoms with Crippen molar-refractivity contribution in [2.75, 3.05) is 35.0 Å². The van der Waals surface area contributed by atoms with E-state index in [1.54, 1.807) is 12.1 Å². The van der Waals surface area contributed by atoms with Crippen molar-refractivity contribution in [1.29, 1.82) is 0 Å². The molecule has 0 fully saturated rings. The largest absolute Gasteiger partial charge is 0.493 e. The molecule has 0 aromatic heterocycles. The lowest BCUT2D eigenvalue weighted by Gasteiger charge is -2.14. The van der Waals surface area contributed by atoms with Crippen molar-refractivity contribution in [2.45, 2.75) is 11.8 Å². The summed E-state index contributed by atoms with van der Waals surface area (Å²) in [7, 11) is 1.98. The van der Waals surface area contributed by atoms with E-state index in [0.717, 1.165) is 0 Å². The first-order valence-electron chi connectivity index (χ1n) is 8.55. The number of benzene rings is 2. The lowest BCUT2D eigenvalue weighted by molar-refractivity contribution is 0.288. The van der Waals surface area contributed by atoms with Gasteiger partial charge in [-0.15, -0.1) is 0 Å². The molecule has 0 aliphatic carbocycles. The molecule has 0 unspecified atom stereocenters. The average Bonchev–Trinajstić information content (AvgIpc) is 2.73. The van der Waals surface area contributed by atoms with Crippen LogP contribution in [0, 0.1) is 0 Å². The Kier molecular flexibility index (Phi) is 7.54. The lowest BCUT2D eigenvalue weighted by atomic mass is 10.2. The Balaban J connectivity index is 2.26. The molecule has 158 valence electrons. The van der Waals surface area contributed by atoms with Gasteiger partial charge in [-0.25, -0.2) is 4.83 Å². The molecule has 0 heterocycles. The maximum Gasteiger partial charge on any atom is 0.276 e. The second-order valence-corrected chi connectivity index (χ2v) is 7.22. The first-order chi connectivity index (χ1) is 13.9. The van der Waals surface area contributed by atoms with Crippen LogP contribution in [0.1, 0.15) is 12.5 Å². The highest BCUT2D eigenvalue weighted by molar-refractivity contribution is 7.89. The molecule has 2 aromatic rings. The van der Waals surface area contributed by atoms with E-state index >= 15 is 0 Å². The quantitative estimate of drug-likeness (QED) is 0.461. The summed E-state index contributed by atoms with van der Waals surface area (Å²) in [6.07, 6.45) is 1.33. The zero-order valence-electron chi connectivity index (χ0n) is 16.9. The van der Waals surface area contributed by atoms with E-state index in [1.807, 2.05) is 6.92 Å². The van der Waals surface area contributed by atoms with E-state index in [-0.39, 0.29) is 4.90 Å². The van der Waals surface area contributed by atoms with Gasteiger partial charge in [0.25, 0.3) is 10.0 Å². The molecule has 0 aliphatic heterocycles. The Bertz CT molecular complexity index is 950. The van der Waals surface area contributed by atoms with E-state index in [0.29, 0.717) is 40.9 Å². The summed E-state index contributed by atoms with van der Waals surface area (Å²) < 4.78 is 51.4. The van der Waals surface area contributed by atoms with E-state index in [2.05, 4.69) is 9.93 Å². The van der Waals surface area contributed by atoms with Gasteiger partial charge in [-0.3, -0.25) is 0 Å². The maximum absolute atomic E-state index is 12.5. The first-order valence-corrected chi connectivity index (χ1v) is 10.0. The molecule has 0 bridgehead atoms. The molecule has 0 aliphatic rings. The Hall–Kier alpha value is -3.14. The minimum Gasteiger partial charge on any atom is -0.493 e. The van der Waals surface area contributed by atoms with Gasteiger partial charge < -0.3 is 23.7 Å². The fourth-order valence-electron chi connectivity index (χ4n) is 2.47. The molecule has 0 amide bonds. The normalized spacial score (nSPS) is 11.2. The Labute approximate surface area is 170 Å². The molecule has 1 N–H and O–H groups in total. The number of ether oxygens (including phenoxy) is 5. The van der Waals surface area contributed by atoms with Crippen molar-refractivity contribution in [3.05, 3.63) is 35.9 Å². The third-order valence-electron chi connectivity index (χ3n) is 3.82. The predicted molar refractivity (Wildman–Crippen MR) is 108 cm³/mol. The van der Waals surface area contributed by atoms with Gasteiger partial charge in [-0.05, 0) is 31.2 Å². The van der Waals surface area contributed by atoms with Gasteiger partial charge >= 0.3 is 0 Å². The highest BCUT2D eigenvalue weighted by atomic mass is 32.2. The molecule has 0 saturated heterocycles. The van der Waals surface area contributed by atoms with Gasteiger partial charge in [0.15, 0.2) is 23.0 Å². The SMILES string of the molecule is CCOc1c(OC)cc(/C=N/NS(=O)(=O)c2ccc(OC)c(OC)c2)cc1OC. The van der Waals surface area contributed by atoms with Gasteiger partial charge in [0.2, 0.25) is 5.75 Å². The third-order valence-corrected chi connectivity index (χ3v) is 5.04. The first kappa shape index (κ1) is 22.2. The summed E-state index contributed by atoms with van der Waals surface area (Å²) in [6.45, 7) is 2.28. The smallest absolute Gasteiger partial charge is 0.276 e. The lowest BCUT2D eigenvalue weighted by Crippen LogP contribution is -2.18. The van der Waals surface area contributed by atoms with Crippen LogP contribution in [0.25, 0.3) is 0 Å². The number of hydrogen-bond donors (Lipinski definition) is 1. The molecule has 0 atom stereocenters. The molecule has 0 saturated carbocycles. The molecular formula is C19H24N2O7S. The fourth-order valence-corrected chi connectivity index (χ4v) is 3.27. The highest BCUT2D eigenvalue weighted by Gasteiger charge is 2.17. The van der Waals surface area contributed by atoms with Crippen molar-refractivity contribution in [3.8, 4) is 28.7 Å². The van der Waals surface area contributed by atoms with Crippen molar-refractivity contribution in [3.63, 3.8) is 0 Å². The second kappa shape index (κ2) is 9.87. The number of rotatable bonds is 10. The molecule has 0 radical (unpaired) electrons. The summed E-state index contributed by atoms with van der Waals surface area (Å²) in [6, 6.07) is 7.55. The predicted octanol–water partition coefficient (Wildman–Crippen LogP) is 2.43. The molecule has 2 rings (SSSR count). The molecule has 10 heteroatoms. The zero-order valence-corrected chi connectivity index (χ0v) is 17.7. The van der Waals surface area contributed by atoms with Gasteiger partial charge in [-0.2, -0.15) is 13.5 Å². The van der Waals surface area contributed by atoms with E-state index < -0.39 is 10.0 Å². The van der Waals surface area contributed by atoms with Crippen LogP contribution < -0.4 is 28.5 Å². The van der Waals surface area contributed by atoms with E-state index in [4.69, 9.17) is 23.7 Å². The van der Waals surface area contributed by atoms with E-state index in [9.17, 15) is 8.42 Å². The average molecular weight is 424 g/mol. The van der Waals surface area contributed by atoms with Gasteiger partial charge in [-0.1, -0.05) is 0 Å². The maximum atomic E-state index is 12.5. The Morgan fingerprint density at radius 1 is 0.897 bits per heavy atom. The van der Waals surface area contributed by atoms with E-state index in [1.165, 1.54) is 52.9 Å². The third kappa shape index (κ3) is 5.23. The number of nitrogens with one attached hydrogen (secondary N) is 1. The second-order valence-electron chi connectivity index (χ2n) is 5.56. The summed E-state index contributed by atoms with van der Waals surface area (Å²) >= 11 is 0. The minimum absolute atomic E-state index is 0.0193. The Morgan fingerprint density at radius 2 is 1.48 bits per heavy atom. The number of hydrogen-bond acceptors (Lipinski definition) is 8. The molecular weight excluding hydrogens is 400 g/mol. The van der Waals surface area contributed by atoms with Crippen LogP contribution in [0.2, 0.25) is 0 Å². The molecule has 29 heavy (non-hydrogen) atoms. The van der Waals surface area contributed by atoms with Gasteiger partial charge in [0.1, 0.15) is 0 Å². The number of sulfonamides is 1. The van der Waals surface area contributed by atoms with Gasteiger partial charge in [0, 0.05) is 11.6 Å². The fraction of sp³-hybridized carbons (Fsp3) is 0.316. The van der Waals surface area contributed by atoms with Crippen LogP contribution in [0.5, 0.6) is 28.7 Å². The molecule has 9 nitrogen and oxygen atoms in total. The minimum atomic E-state index is -3.91. The highest BCUT2D eigenvalue weighted by Crippen LogP contribution is 2.38.